The van der Waals surface area contributed by atoms with Crippen LogP contribution in [0.5, 0.6) is 11.5 Å². The topological polar surface area (TPSA) is 67.9 Å². The van der Waals surface area contributed by atoms with Gasteiger partial charge in [-0.25, -0.2) is 4.39 Å². The number of methoxy groups -OCH3 is 1. The van der Waals surface area contributed by atoms with Crippen LogP contribution >= 0.6 is 0 Å². The van der Waals surface area contributed by atoms with E-state index in [-0.39, 0.29) is 36.8 Å². The molecule has 0 aliphatic heterocycles. The van der Waals surface area contributed by atoms with E-state index in [1.165, 1.54) is 18.6 Å². The molecule has 200 valence electrons. The number of hydrogen-bond donors (Lipinski definition) is 1. The summed E-state index contributed by atoms with van der Waals surface area (Å²) in [7, 11) is 1.58. The predicted octanol–water partition coefficient (Wildman–Crippen LogP) is 5.30. The van der Waals surface area contributed by atoms with Crippen molar-refractivity contribution in [3.63, 3.8) is 0 Å². The van der Waals surface area contributed by atoms with Crippen LogP contribution < -0.4 is 14.8 Å². The fourth-order valence-electron chi connectivity index (χ4n) is 4.78. The molecule has 0 spiro atoms. The largest absolute Gasteiger partial charge is 0.497 e. The van der Waals surface area contributed by atoms with Crippen LogP contribution in [0.1, 0.15) is 43.2 Å². The highest BCUT2D eigenvalue weighted by atomic mass is 19.1. The maximum absolute atomic E-state index is 13.7. The maximum atomic E-state index is 13.7. The van der Waals surface area contributed by atoms with Gasteiger partial charge in [-0.15, -0.1) is 0 Å². The number of halogens is 1. The molecule has 1 aliphatic rings. The van der Waals surface area contributed by atoms with Crippen molar-refractivity contribution < 1.29 is 23.5 Å². The summed E-state index contributed by atoms with van der Waals surface area (Å²) in [6.07, 6.45) is 5.59. The molecule has 1 N–H and O–H groups in total. The average Bonchev–Trinajstić information content (AvgIpc) is 2.96. The van der Waals surface area contributed by atoms with Crippen LogP contribution in [0.3, 0.4) is 0 Å². The third-order valence-corrected chi connectivity index (χ3v) is 6.91. The fourth-order valence-corrected chi connectivity index (χ4v) is 4.78. The quantitative estimate of drug-likeness (QED) is 0.374. The summed E-state index contributed by atoms with van der Waals surface area (Å²) in [6, 6.07) is 22.0. The minimum atomic E-state index is -0.753. The Hall–Kier alpha value is -3.87. The van der Waals surface area contributed by atoms with Crippen LogP contribution in [-0.4, -0.2) is 42.5 Å². The lowest BCUT2D eigenvalue weighted by molar-refractivity contribution is -0.143. The van der Waals surface area contributed by atoms with Crippen LogP contribution in [0.15, 0.2) is 78.9 Å². The normalized spacial score (nSPS) is 14.4. The molecule has 0 radical (unpaired) electrons. The van der Waals surface area contributed by atoms with E-state index < -0.39 is 6.04 Å². The number of nitrogens with zero attached hydrogens (tertiary/aromatic N) is 1. The molecular weight excluding hydrogens is 483 g/mol. The monoisotopic (exact) mass is 518 g/mol. The number of carbonyl (C=O) groups excluding carboxylic acids is 2. The first-order valence-electron chi connectivity index (χ1n) is 13.2. The predicted molar refractivity (Wildman–Crippen MR) is 144 cm³/mol. The second-order valence-electron chi connectivity index (χ2n) is 9.66. The fraction of sp³-hybridized carbons (Fsp3) is 0.355. The molecular formula is C31H35FN2O4. The van der Waals surface area contributed by atoms with E-state index in [0.717, 1.165) is 36.8 Å². The highest BCUT2D eigenvalue weighted by Crippen LogP contribution is 2.21. The van der Waals surface area contributed by atoms with Gasteiger partial charge in [0, 0.05) is 19.0 Å². The zero-order valence-electron chi connectivity index (χ0n) is 21.8. The number of hydrogen-bond acceptors (Lipinski definition) is 4. The molecule has 0 aromatic heterocycles. The van der Waals surface area contributed by atoms with Gasteiger partial charge in [-0.2, -0.15) is 0 Å². The molecule has 2 amide bonds. The Balaban J connectivity index is 1.58. The van der Waals surface area contributed by atoms with Gasteiger partial charge in [0.1, 0.15) is 23.4 Å². The van der Waals surface area contributed by atoms with E-state index >= 15 is 0 Å². The van der Waals surface area contributed by atoms with Crippen LogP contribution in [0.25, 0.3) is 0 Å². The van der Waals surface area contributed by atoms with Crippen LogP contribution in [0.4, 0.5) is 4.39 Å². The van der Waals surface area contributed by atoms with Gasteiger partial charge in [0.2, 0.25) is 5.91 Å². The summed E-state index contributed by atoms with van der Waals surface area (Å²) >= 11 is 0. The Bertz CT molecular complexity index is 1160. The highest BCUT2D eigenvalue weighted by Gasteiger charge is 2.32. The summed E-state index contributed by atoms with van der Waals surface area (Å²) in [5, 5.41) is 3.21. The highest BCUT2D eigenvalue weighted by molar-refractivity contribution is 5.88. The standard InChI is InChI=1S/C31H35FN2O4/c1-37-27-16-18-28(19-17-27)38-22-30(35)34(21-24-12-14-25(32)15-13-24)29(20-23-8-4-2-5-9-23)31(36)33-26-10-6-3-7-11-26/h2,4-5,8-9,12-19,26,29H,3,6-7,10-11,20-22H2,1H3,(H,33,36)/t29-/m0/s1. The molecule has 38 heavy (non-hydrogen) atoms. The van der Waals surface area contributed by atoms with Gasteiger partial charge in [-0.1, -0.05) is 61.7 Å². The van der Waals surface area contributed by atoms with Gasteiger partial charge in [0.05, 0.1) is 7.11 Å². The van der Waals surface area contributed by atoms with Gasteiger partial charge in [0.15, 0.2) is 6.61 Å². The number of nitrogens with one attached hydrogen (secondary N) is 1. The molecule has 4 rings (SSSR count). The molecule has 7 heteroatoms. The summed E-state index contributed by atoms with van der Waals surface area (Å²) in [6.45, 7) is -0.0871. The van der Waals surface area contributed by atoms with Crippen molar-refractivity contribution in [1.29, 1.82) is 0 Å². The number of rotatable bonds is 11. The minimum absolute atomic E-state index is 0.104. The van der Waals surface area contributed by atoms with Crippen molar-refractivity contribution in [3.8, 4) is 11.5 Å². The zero-order chi connectivity index (χ0) is 26.7. The Morgan fingerprint density at radius 2 is 1.55 bits per heavy atom. The summed E-state index contributed by atoms with van der Waals surface area (Å²) in [5.74, 6) is 0.340. The van der Waals surface area contributed by atoms with Crippen LogP contribution in [-0.2, 0) is 22.6 Å². The van der Waals surface area contributed by atoms with Gasteiger partial charge < -0.3 is 19.7 Å². The van der Waals surface area contributed by atoms with E-state index in [9.17, 15) is 14.0 Å². The van der Waals surface area contributed by atoms with Crippen LogP contribution in [0, 0.1) is 5.82 Å². The maximum Gasteiger partial charge on any atom is 0.261 e. The van der Waals surface area contributed by atoms with Crippen molar-refractivity contribution in [2.45, 2.75) is 57.2 Å². The van der Waals surface area contributed by atoms with Gasteiger partial charge in [0.25, 0.3) is 5.91 Å². The Labute approximate surface area is 223 Å². The summed E-state index contributed by atoms with van der Waals surface area (Å²) < 4.78 is 24.6. The van der Waals surface area contributed by atoms with Crippen molar-refractivity contribution in [2.75, 3.05) is 13.7 Å². The molecule has 0 bridgehead atoms. The van der Waals surface area contributed by atoms with E-state index in [1.54, 1.807) is 48.4 Å². The lowest BCUT2D eigenvalue weighted by Crippen LogP contribution is -2.53. The molecule has 1 fully saturated rings. The van der Waals surface area contributed by atoms with Gasteiger partial charge >= 0.3 is 0 Å². The average molecular weight is 519 g/mol. The summed E-state index contributed by atoms with van der Waals surface area (Å²) in [4.78, 5) is 29.0. The lowest BCUT2D eigenvalue weighted by atomic mass is 9.94. The molecule has 0 unspecified atom stereocenters. The third-order valence-electron chi connectivity index (χ3n) is 6.91. The van der Waals surface area contributed by atoms with Crippen molar-refractivity contribution >= 4 is 11.8 Å². The lowest BCUT2D eigenvalue weighted by Gasteiger charge is -2.33. The van der Waals surface area contributed by atoms with E-state index in [2.05, 4.69) is 5.32 Å². The second-order valence-corrected chi connectivity index (χ2v) is 9.66. The number of carbonyl (C=O) groups is 2. The molecule has 1 saturated carbocycles. The van der Waals surface area contributed by atoms with Gasteiger partial charge in [-0.3, -0.25) is 9.59 Å². The number of benzene rings is 3. The van der Waals surface area contributed by atoms with E-state index in [0.29, 0.717) is 17.9 Å². The molecule has 3 aromatic rings. The van der Waals surface area contributed by atoms with Gasteiger partial charge in [-0.05, 0) is 60.4 Å². The smallest absolute Gasteiger partial charge is 0.261 e. The molecule has 0 saturated heterocycles. The van der Waals surface area contributed by atoms with Crippen molar-refractivity contribution in [1.82, 2.24) is 10.2 Å². The first-order valence-corrected chi connectivity index (χ1v) is 13.2. The SMILES string of the molecule is COc1ccc(OCC(=O)N(Cc2ccc(F)cc2)[C@@H](Cc2ccccc2)C(=O)NC2CCCCC2)cc1. The Morgan fingerprint density at radius 3 is 2.21 bits per heavy atom. The molecule has 1 aliphatic carbocycles. The van der Waals surface area contributed by atoms with E-state index in [1.807, 2.05) is 30.3 Å². The molecule has 0 heterocycles. The minimum Gasteiger partial charge on any atom is -0.497 e. The molecule has 1 atom stereocenters. The first kappa shape index (κ1) is 27.2. The van der Waals surface area contributed by atoms with E-state index in [4.69, 9.17) is 9.47 Å². The molecule has 6 nitrogen and oxygen atoms in total. The number of ether oxygens (including phenoxy) is 2. The van der Waals surface area contributed by atoms with Crippen LogP contribution in [0.2, 0.25) is 0 Å². The second kappa shape index (κ2) is 13.6. The molecule has 3 aromatic carbocycles. The zero-order valence-corrected chi connectivity index (χ0v) is 21.8. The summed E-state index contributed by atoms with van der Waals surface area (Å²) in [5.41, 5.74) is 1.68. The van der Waals surface area contributed by atoms with Crippen molar-refractivity contribution in [2.24, 2.45) is 0 Å². The van der Waals surface area contributed by atoms with Crippen molar-refractivity contribution in [3.05, 3.63) is 95.8 Å². The first-order chi connectivity index (χ1) is 18.5. The Kier molecular flexibility index (Phi) is 9.73. The number of amides is 2. The third kappa shape index (κ3) is 7.81. The Morgan fingerprint density at radius 1 is 0.895 bits per heavy atom.